The fourth-order valence-electron chi connectivity index (χ4n) is 4.01. The maximum absolute atomic E-state index is 14.0. The number of carbonyl (C=O) groups is 2. The van der Waals surface area contributed by atoms with E-state index in [0.29, 0.717) is 25.2 Å². The van der Waals surface area contributed by atoms with E-state index in [1.54, 1.807) is 23.1 Å². The van der Waals surface area contributed by atoms with E-state index in [-0.39, 0.29) is 29.9 Å². The van der Waals surface area contributed by atoms with Crippen LogP contribution in [0, 0.1) is 5.82 Å². The maximum atomic E-state index is 14.0. The summed E-state index contributed by atoms with van der Waals surface area (Å²) < 4.78 is 21.3. The highest BCUT2D eigenvalue weighted by Crippen LogP contribution is 2.33. The zero-order valence-electron chi connectivity index (χ0n) is 16.8. The van der Waals surface area contributed by atoms with E-state index < -0.39 is 6.04 Å². The SMILES string of the molecule is CCCN(CC(=O)N1CCn2cccc2C1c1cccc(F)c1)C(=O)c1ccco1. The van der Waals surface area contributed by atoms with Gasteiger partial charge in [-0.3, -0.25) is 9.59 Å². The first-order chi connectivity index (χ1) is 14.6. The van der Waals surface area contributed by atoms with E-state index in [4.69, 9.17) is 4.42 Å². The van der Waals surface area contributed by atoms with Gasteiger partial charge in [0, 0.05) is 31.5 Å². The summed E-state index contributed by atoms with van der Waals surface area (Å²) in [6.45, 7) is 3.48. The molecule has 0 aliphatic carbocycles. The first-order valence-electron chi connectivity index (χ1n) is 10.1. The lowest BCUT2D eigenvalue weighted by atomic mass is 9.99. The van der Waals surface area contributed by atoms with Crippen molar-refractivity contribution in [2.45, 2.75) is 25.9 Å². The van der Waals surface area contributed by atoms with Gasteiger partial charge in [0.15, 0.2) is 5.76 Å². The van der Waals surface area contributed by atoms with E-state index in [0.717, 1.165) is 12.1 Å². The van der Waals surface area contributed by atoms with Crippen LogP contribution in [-0.4, -0.2) is 45.8 Å². The van der Waals surface area contributed by atoms with Crippen LogP contribution in [0.1, 0.15) is 41.2 Å². The normalized spacial score (nSPS) is 15.7. The molecular weight excluding hydrogens is 385 g/mol. The molecule has 3 aromatic rings. The van der Waals surface area contributed by atoms with E-state index in [1.165, 1.54) is 23.3 Å². The largest absolute Gasteiger partial charge is 0.459 e. The summed E-state index contributed by atoms with van der Waals surface area (Å²) in [6.07, 6.45) is 4.13. The molecule has 7 heteroatoms. The van der Waals surface area contributed by atoms with Gasteiger partial charge in [-0.15, -0.1) is 0 Å². The summed E-state index contributed by atoms with van der Waals surface area (Å²) in [5.41, 5.74) is 1.64. The second-order valence-electron chi connectivity index (χ2n) is 7.38. The van der Waals surface area contributed by atoms with Gasteiger partial charge in [0.05, 0.1) is 12.3 Å². The van der Waals surface area contributed by atoms with Crippen molar-refractivity contribution >= 4 is 11.8 Å². The molecule has 156 valence electrons. The predicted molar refractivity (Wildman–Crippen MR) is 109 cm³/mol. The third-order valence-corrected chi connectivity index (χ3v) is 5.36. The lowest BCUT2D eigenvalue weighted by Gasteiger charge is -2.38. The number of amides is 2. The van der Waals surface area contributed by atoms with Crippen molar-refractivity contribution in [3.8, 4) is 0 Å². The van der Waals surface area contributed by atoms with Crippen molar-refractivity contribution < 1.29 is 18.4 Å². The molecule has 1 atom stereocenters. The molecule has 1 aromatic carbocycles. The monoisotopic (exact) mass is 409 g/mol. The number of carbonyl (C=O) groups excluding carboxylic acids is 2. The Morgan fingerprint density at radius 3 is 2.77 bits per heavy atom. The second-order valence-corrected chi connectivity index (χ2v) is 7.38. The molecule has 1 aliphatic rings. The smallest absolute Gasteiger partial charge is 0.290 e. The van der Waals surface area contributed by atoms with Gasteiger partial charge >= 0.3 is 0 Å². The number of fused-ring (bicyclic) bond motifs is 1. The Morgan fingerprint density at radius 1 is 1.17 bits per heavy atom. The summed E-state index contributed by atoms with van der Waals surface area (Å²) in [5.74, 6) is -0.613. The van der Waals surface area contributed by atoms with Gasteiger partial charge in [0.25, 0.3) is 5.91 Å². The van der Waals surface area contributed by atoms with Gasteiger partial charge < -0.3 is 18.8 Å². The summed E-state index contributed by atoms with van der Waals surface area (Å²) >= 11 is 0. The molecule has 30 heavy (non-hydrogen) atoms. The number of benzene rings is 1. The molecular formula is C23H24FN3O3. The van der Waals surface area contributed by atoms with Crippen molar-refractivity contribution in [2.75, 3.05) is 19.6 Å². The van der Waals surface area contributed by atoms with Crippen molar-refractivity contribution in [3.05, 3.63) is 83.8 Å². The summed E-state index contributed by atoms with van der Waals surface area (Å²) in [7, 11) is 0. The number of hydrogen-bond donors (Lipinski definition) is 0. The van der Waals surface area contributed by atoms with Crippen molar-refractivity contribution in [1.29, 1.82) is 0 Å². The zero-order valence-corrected chi connectivity index (χ0v) is 16.8. The van der Waals surface area contributed by atoms with Crippen molar-refractivity contribution in [1.82, 2.24) is 14.4 Å². The fraction of sp³-hybridized carbons (Fsp3) is 0.304. The number of furan rings is 1. The lowest BCUT2D eigenvalue weighted by molar-refractivity contribution is -0.134. The minimum atomic E-state index is -0.404. The third-order valence-electron chi connectivity index (χ3n) is 5.36. The maximum Gasteiger partial charge on any atom is 0.290 e. The quantitative estimate of drug-likeness (QED) is 0.624. The first kappa shape index (κ1) is 19.9. The van der Waals surface area contributed by atoms with Crippen LogP contribution in [-0.2, 0) is 11.3 Å². The van der Waals surface area contributed by atoms with Crippen LogP contribution >= 0.6 is 0 Å². The summed E-state index contributed by atoms with van der Waals surface area (Å²) in [4.78, 5) is 29.4. The first-order valence-corrected chi connectivity index (χ1v) is 10.1. The van der Waals surface area contributed by atoms with Crippen LogP contribution in [0.5, 0.6) is 0 Å². The topological polar surface area (TPSA) is 58.7 Å². The van der Waals surface area contributed by atoms with Crippen LogP contribution in [0.3, 0.4) is 0 Å². The number of hydrogen-bond acceptors (Lipinski definition) is 3. The second kappa shape index (κ2) is 8.57. The summed E-state index contributed by atoms with van der Waals surface area (Å²) in [5, 5.41) is 0. The molecule has 2 amide bonds. The average molecular weight is 409 g/mol. The van der Waals surface area contributed by atoms with Crippen molar-refractivity contribution in [3.63, 3.8) is 0 Å². The Hall–Kier alpha value is -3.35. The molecule has 0 saturated heterocycles. The van der Waals surface area contributed by atoms with Crippen LogP contribution in [0.25, 0.3) is 0 Å². The molecule has 3 heterocycles. The molecule has 0 fully saturated rings. The Labute approximate surface area is 174 Å². The van der Waals surface area contributed by atoms with Crippen LogP contribution in [0.2, 0.25) is 0 Å². The van der Waals surface area contributed by atoms with Crippen molar-refractivity contribution in [2.24, 2.45) is 0 Å². The van der Waals surface area contributed by atoms with Gasteiger partial charge in [0.2, 0.25) is 5.91 Å². The zero-order chi connectivity index (χ0) is 21.1. The molecule has 0 spiro atoms. The standard InChI is InChI=1S/C23H24FN3O3/c1-2-10-26(23(29)20-9-5-14-30-20)16-21(28)27-13-12-25-11-4-8-19(25)22(27)17-6-3-7-18(24)15-17/h3-9,11,14-15,22H,2,10,12-13,16H2,1H3. The average Bonchev–Trinajstić information content (AvgIpc) is 3.44. The van der Waals surface area contributed by atoms with Gasteiger partial charge in [0.1, 0.15) is 12.4 Å². The number of halogens is 1. The Bertz CT molecular complexity index is 1030. The van der Waals surface area contributed by atoms with Gasteiger partial charge in [-0.1, -0.05) is 19.1 Å². The van der Waals surface area contributed by atoms with Crippen LogP contribution < -0.4 is 0 Å². The molecule has 0 N–H and O–H groups in total. The third kappa shape index (κ3) is 3.87. The van der Waals surface area contributed by atoms with Gasteiger partial charge in [-0.25, -0.2) is 4.39 Å². The number of nitrogens with zero attached hydrogens (tertiary/aromatic N) is 3. The molecule has 2 aromatic heterocycles. The molecule has 4 rings (SSSR count). The van der Waals surface area contributed by atoms with E-state index in [2.05, 4.69) is 4.57 Å². The fourth-order valence-corrected chi connectivity index (χ4v) is 4.01. The molecule has 0 radical (unpaired) electrons. The van der Waals surface area contributed by atoms with E-state index in [9.17, 15) is 14.0 Å². The minimum absolute atomic E-state index is 0.0557. The molecule has 0 saturated carbocycles. The Kier molecular flexibility index (Phi) is 5.70. The number of rotatable bonds is 6. The Balaban J connectivity index is 1.62. The molecule has 1 aliphatic heterocycles. The molecule has 6 nitrogen and oxygen atoms in total. The Morgan fingerprint density at radius 2 is 2.03 bits per heavy atom. The van der Waals surface area contributed by atoms with E-state index >= 15 is 0 Å². The highest BCUT2D eigenvalue weighted by molar-refractivity contribution is 5.94. The van der Waals surface area contributed by atoms with Gasteiger partial charge in [-0.2, -0.15) is 0 Å². The van der Waals surface area contributed by atoms with Gasteiger partial charge in [-0.05, 0) is 48.4 Å². The molecule has 1 unspecified atom stereocenters. The lowest BCUT2D eigenvalue weighted by Crippen LogP contribution is -2.48. The van der Waals surface area contributed by atoms with E-state index in [1.807, 2.05) is 31.3 Å². The molecule has 0 bridgehead atoms. The predicted octanol–water partition coefficient (Wildman–Crippen LogP) is 3.70. The van der Waals surface area contributed by atoms with Crippen LogP contribution in [0.15, 0.2) is 65.4 Å². The minimum Gasteiger partial charge on any atom is -0.459 e. The summed E-state index contributed by atoms with van der Waals surface area (Å²) in [6, 6.07) is 13.1. The van der Waals surface area contributed by atoms with Crippen LogP contribution in [0.4, 0.5) is 4.39 Å². The highest BCUT2D eigenvalue weighted by atomic mass is 19.1. The highest BCUT2D eigenvalue weighted by Gasteiger charge is 2.33. The number of aromatic nitrogens is 1.